The molecule has 4 heteroatoms. The average molecular weight is 289 g/mol. The van der Waals surface area contributed by atoms with E-state index in [4.69, 9.17) is 5.73 Å². The van der Waals surface area contributed by atoms with Gasteiger partial charge in [0.1, 0.15) is 0 Å². The van der Waals surface area contributed by atoms with E-state index in [1.165, 1.54) is 25.7 Å². The van der Waals surface area contributed by atoms with Crippen molar-refractivity contribution < 1.29 is 4.79 Å². The Morgan fingerprint density at radius 3 is 2.29 bits per heavy atom. The Kier molecular flexibility index (Phi) is 5.62. The Morgan fingerprint density at radius 2 is 1.76 bits per heavy atom. The zero-order valence-electron chi connectivity index (χ0n) is 13.1. The molecule has 0 spiro atoms. The van der Waals surface area contributed by atoms with E-state index < -0.39 is 0 Å². The Morgan fingerprint density at radius 1 is 1.19 bits per heavy atom. The van der Waals surface area contributed by atoms with Gasteiger partial charge in [-0.15, -0.1) is 0 Å². The van der Waals surface area contributed by atoms with Crippen molar-refractivity contribution >= 4 is 11.7 Å². The quantitative estimate of drug-likeness (QED) is 0.829. The molecule has 0 aromatic heterocycles. The Labute approximate surface area is 127 Å². The number of amides is 2. The van der Waals surface area contributed by atoms with E-state index in [2.05, 4.69) is 5.32 Å². The monoisotopic (exact) mass is 289 g/mol. The third kappa shape index (κ3) is 4.46. The van der Waals surface area contributed by atoms with Crippen LogP contribution < -0.4 is 11.1 Å². The highest BCUT2D eigenvalue weighted by atomic mass is 16.2. The van der Waals surface area contributed by atoms with E-state index in [9.17, 15) is 4.79 Å². The van der Waals surface area contributed by atoms with E-state index in [0.717, 1.165) is 24.1 Å². The molecule has 1 aliphatic rings. The Hall–Kier alpha value is -1.55. The predicted molar refractivity (Wildman–Crippen MR) is 87.3 cm³/mol. The van der Waals surface area contributed by atoms with Crippen LogP contribution in [0.1, 0.15) is 57.1 Å². The summed E-state index contributed by atoms with van der Waals surface area (Å²) in [6.45, 7) is 1.95. The van der Waals surface area contributed by atoms with Gasteiger partial charge in [-0.1, -0.05) is 37.8 Å². The average Bonchev–Trinajstić information content (AvgIpc) is 2.76. The summed E-state index contributed by atoms with van der Waals surface area (Å²) in [6, 6.07) is 8.13. The van der Waals surface area contributed by atoms with Crippen LogP contribution in [0.3, 0.4) is 0 Å². The van der Waals surface area contributed by atoms with E-state index in [-0.39, 0.29) is 12.1 Å². The summed E-state index contributed by atoms with van der Waals surface area (Å²) in [6.07, 6.45) is 7.28. The summed E-state index contributed by atoms with van der Waals surface area (Å²) in [5.74, 6) is 0. The van der Waals surface area contributed by atoms with Crippen LogP contribution in [0, 0.1) is 0 Å². The normalized spacial score (nSPS) is 17.9. The van der Waals surface area contributed by atoms with Crippen molar-refractivity contribution in [3.05, 3.63) is 29.8 Å². The topological polar surface area (TPSA) is 58.4 Å². The summed E-state index contributed by atoms with van der Waals surface area (Å²) in [7, 11) is 1.90. The van der Waals surface area contributed by atoms with E-state index in [1.54, 1.807) is 0 Å². The van der Waals surface area contributed by atoms with Crippen molar-refractivity contribution in [2.45, 2.75) is 57.5 Å². The molecule has 1 fully saturated rings. The molecule has 0 radical (unpaired) electrons. The summed E-state index contributed by atoms with van der Waals surface area (Å²) >= 11 is 0. The summed E-state index contributed by atoms with van der Waals surface area (Å²) in [5.41, 5.74) is 7.73. The highest BCUT2D eigenvalue weighted by Crippen LogP contribution is 2.22. The maximum Gasteiger partial charge on any atom is 0.321 e. The number of anilines is 1. The Bertz CT molecular complexity index is 448. The zero-order chi connectivity index (χ0) is 15.2. The van der Waals surface area contributed by atoms with Gasteiger partial charge in [-0.3, -0.25) is 0 Å². The van der Waals surface area contributed by atoms with Gasteiger partial charge < -0.3 is 16.0 Å². The molecule has 116 valence electrons. The summed E-state index contributed by atoms with van der Waals surface area (Å²) in [4.78, 5) is 14.2. The van der Waals surface area contributed by atoms with Gasteiger partial charge in [-0.05, 0) is 37.5 Å². The lowest BCUT2D eigenvalue weighted by Crippen LogP contribution is -2.39. The molecule has 4 nitrogen and oxygen atoms in total. The zero-order valence-corrected chi connectivity index (χ0v) is 13.1. The van der Waals surface area contributed by atoms with Crippen LogP contribution >= 0.6 is 0 Å². The van der Waals surface area contributed by atoms with E-state index in [0.29, 0.717) is 6.04 Å². The van der Waals surface area contributed by atoms with Crippen molar-refractivity contribution in [3.63, 3.8) is 0 Å². The van der Waals surface area contributed by atoms with Crippen LogP contribution in [0.2, 0.25) is 0 Å². The van der Waals surface area contributed by atoms with Crippen LogP contribution in [0.25, 0.3) is 0 Å². The molecule has 0 saturated heterocycles. The molecule has 21 heavy (non-hydrogen) atoms. The molecule has 1 unspecified atom stereocenters. The van der Waals surface area contributed by atoms with Crippen LogP contribution in [-0.2, 0) is 0 Å². The van der Waals surface area contributed by atoms with E-state index >= 15 is 0 Å². The summed E-state index contributed by atoms with van der Waals surface area (Å²) < 4.78 is 0. The number of urea groups is 1. The second-order valence-corrected chi connectivity index (χ2v) is 6.10. The third-order valence-corrected chi connectivity index (χ3v) is 4.38. The second-order valence-electron chi connectivity index (χ2n) is 6.10. The molecule has 2 amide bonds. The summed E-state index contributed by atoms with van der Waals surface area (Å²) in [5, 5.41) is 2.97. The molecule has 1 aliphatic carbocycles. The van der Waals surface area contributed by atoms with Gasteiger partial charge in [0.2, 0.25) is 0 Å². The molecule has 1 aromatic rings. The van der Waals surface area contributed by atoms with Crippen LogP contribution in [0.4, 0.5) is 10.5 Å². The molecular weight excluding hydrogens is 262 g/mol. The van der Waals surface area contributed by atoms with Gasteiger partial charge in [0.25, 0.3) is 0 Å². The fourth-order valence-corrected chi connectivity index (χ4v) is 2.89. The first-order chi connectivity index (χ1) is 10.1. The molecular formula is C17H27N3O. The lowest BCUT2D eigenvalue weighted by Gasteiger charge is -2.27. The molecule has 0 bridgehead atoms. The number of rotatable bonds is 3. The molecule has 2 rings (SSSR count). The van der Waals surface area contributed by atoms with Gasteiger partial charge in [0.05, 0.1) is 0 Å². The van der Waals surface area contributed by atoms with Gasteiger partial charge in [-0.25, -0.2) is 4.79 Å². The number of carbonyl (C=O) groups is 1. The smallest absolute Gasteiger partial charge is 0.321 e. The standard InChI is InChI=1S/C17H27N3O/c1-13(18)14-9-11-15(12-10-14)19-17(21)20(2)16-7-5-3-4-6-8-16/h9-13,16H,3-8,18H2,1-2H3,(H,19,21). The Balaban J connectivity index is 1.93. The first kappa shape index (κ1) is 15.8. The number of nitrogens with two attached hydrogens (primary N) is 1. The number of carbonyl (C=O) groups excluding carboxylic acids is 1. The van der Waals surface area contributed by atoms with Crippen molar-refractivity contribution in [3.8, 4) is 0 Å². The minimum Gasteiger partial charge on any atom is -0.325 e. The minimum atomic E-state index is -0.0181. The van der Waals surface area contributed by atoms with Crippen LogP contribution in [-0.4, -0.2) is 24.0 Å². The number of nitrogens with zero attached hydrogens (tertiary/aromatic N) is 1. The number of benzene rings is 1. The first-order valence-electron chi connectivity index (χ1n) is 7.97. The lowest BCUT2D eigenvalue weighted by atomic mass is 10.1. The van der Waals surface area contributed by atoms with Crippen LogP contribution in [0.15, 0.2) is 24.3 Å². The van der Waals surface area contributed by atoms with Gasteiger partial charge in [0.15, 0.2) is 0 Å². The van der Waals surface area contributed by atoms with Crippen molar-refractivity contribution in [1.82, 2.24) is 4.90 Å². The fraction of sp³-hybridized carbons (Fsp3) is 0.588. The maximum atomic E-state index is 12.3. The predicted octanol–water partition coefficient (Wildman–Crippen LogP) is 3.89. The van der Waals surface area contributed by atoms with Gasteiger partial charge in [0, 0.05) is 24.8 Å². The SMILES string of the molecule is CC(N)c1ccc(NC(=O)N(C)C2CCCCCC2)cc1. The molecule has 1 aromatic carbocycles. The third-order valence-electron chi connectivity index (χ3n) is 4.38. The minimum absolute atomic E-state index is 0.0170. The molecule has 3 N–H and O–H groups in total. The number of hydrogen-bond donors (Lipinski definition) is 2. The van der Waals surface area contributed by atoms with Crippen molar-refractivity contribution in [2.75, 3.05) is 12.4 Å². The fourth-order valence-electron chi connectivity index (χ4n) is 2.89. The number of nitrogens with one attached hydrogen (secondary N) is 1. The molecule has 1 saturated carbocycles. The molecule has 0 aliphatic heterocycles. The largest absolute Gasteiger partial charge is 0.325 e. The van der Waals surface area contributed by atoms with E-state index in [1.807, 2.05) is 43.1 Å². The lowest BCUT2D eigenvalue weighted by molar-refractivity contribution is 0.197. The highest BCUT2D eigenvalue weighted by Gasteiger charge is 2.21. The van der Waals surface area contributed by atoms with Gasteiger partial charge >= 0.3 is 6.03 Å². The first-order valence-corrected chi connectivity index (χ1v) is 7.97. The van der Waals surface area contributed by atoms with Gasteiger partial charge in [-0.2, -0.15) is 0 Å². The van der Waals surface area contributed by atoms with Crippen molar-refractivity contribution in [1.29, 1.82) is 0 Å². The molecule has 1 atom stereocenters. The number of hydrogen-bond acceptors (Lipinski definition) is 2. The molecule has 0 heterocycles. The second kappa shape index (κ2) is 7.46. The van der Waals surface area contributed by atoms with Crippen molar-refractivity contribution in [2.24, 2.45) is 5.73 Å². The van der Waals surface area contributed by atoms with Crippen LogP contribution in [0.5, 0.6) is 0 Å². The highest BCUT2D eigenvalue weighted by molar-refractivity contribution is 5.89. The maximum absolute atomic E-state index is 12.3.